The van der Waals surface area contributed by atoms with Gasteiger partial charge in [0.25, 0.3) is 0 Å². The second kappa shape index (κ2) is 6.45. The van der Waals surface area contributed by atoms with Gasteiger partial charge >= 0.3 is 12.1 Å². The van der Waals surface area contributed by atoms with Crippen LogP contribution in [-0.2, 0) is 15.5 Å². The summed E-state index contributed by atoms with van der Waals surface area (Å²) >= 11 is -2.95. The third kappa shape index (κ3) is 3.76. The van der Waals surface area contributed by atoms with Crippen LogP contribution in [0, 0.1) is 0 Å². The number of hydrogen-bond donors (Lipinski definition) is 2. The van der Waals surface area contributed by atoms with Crippen LogP contribution < -0.4 is 10.6 Å². The van der Waals surface area contributed by atoms with Crippen molar-refractivity contribution in [3.63, 3.8) is 0 Å². The van der Waals surface area contributed by atoms with Crippen molar-refractivity contribution in [2.24, 2.45) is 0 Å². The first kappa shape index (κ1) is 14.4. The third-order valence-corrected chi connectivity index (χ3v) is 2.83. The Morgan fingerprint density at radius 1 is 1.45 bits per heavy atom. The lowest BCUT2D eigenvalue weighted by atomic mass is 10.4. The zero-order valence-electron chi connectivity index (χ0n) is 10.3. The van der Waals surface area contributed by atoms with E-state index in [9.17, 15) is 18.4 Å². The Bertz CT molecular complexity index is 527. The lowest BCUT2D eigenvalue weighted by Crippen LogP contribution is -2.48. The SMILES string of the molecule is O=C(Nc1ccn(C(=O)N2CCNCC2)n1)OS(=O)[O-]. The van der Waals surface area contributed by atoms with E-state index < -0.39 is 17.5 Å². The molecule has 20 heavy (non-hydrogen) atoms. The Balaban J connectivity index is 1.95. The number of piperazine rings is 1. The van der Waals surface area contributed by atoms with Crippen LogP contribution in [0.4, 0.5) is 15.4 Å². The Morgan fingerprint density at radius 2 is 2.15 bits per heavy atom. The molecule has 1 saturated heterocycles. The quantitative estimate of drug-likeness (QED) is 0.677. The van der Waals surface area contributed by atoms with Crippen molar-refractivity contribution in [3.05, 3.63) is 12.3 Å². The van der Waals surface area contributed by atoms with Gasteiger partial charge in [-0.1, -0.05) is 0 Å². The average molecular weight is 302 g/mol. The van der Waals surface area contributed by atoms with E-state index in [0.717, 1.165) is 4.68 Å². The molecule has 2 amide bonds. The molecule has 2 N–H and O–H groups in total. The van der Waals surface area contributed by atoms with E-state index in [2.05, 4.69) is 19.9 Å². The topological polar surface area (TPSA) is 129 Å². The molecular weight excluding hydrogens is 290 g/mol. The van der Waals surface area contributed by atoms with Gasteiger partial charge in [-0.05, 0) is 0 Å². The maximum Gasteiger partial charge on any atom is 0.426 e. The summed E-state index contributed by atoms with van der Waals surface area (Å²) in [5.74, 6) is 0.0175. The van der Waals surface area contributed by atoms with Crippen LogP contribution in [0.2, 0.25) is 0 Å². The molecule has 10 nitrogen and oxygen atoms in total. The number of nitrogens with zero attached hydrogens (tertiary/aromatic N) is 3. The highest BCUT2D eigenvalue weighted by Crippen LogP contribution is 2.05. The molecule has 1 aliphatic rings. The molecule has 110 valence electrons. The first-order chi connectivity index (χ1) is 9.56. The zero-order chi connectivity index (χ0) is 14.5. The fourth-order valence-electron chi connectivity index (χ4n) is 1.69. The lowest BCUT2D eigenvalue weighted by molar-refractivity contribution is 0.188. The van der Waals surface area contributed by atoms with Crippen molar-refractivity contribution in [2.45, 2.75) is 0 Å². The van der Waals surface area contributed by atoms with E-state index in [1.165, 1.54) is 12.3 Å². The van der Waals surface area contributed by atoms with Gasteiger partial charge in [-0.2, -0.15) is 4.68 Å². The highest BCUT2D eigenvalue weighted by Gasteiger charge is 2.19. The third-order valence-electron chi connectivity index (χ3n) is 2.55. The van der Waals surface area contributed by atoms with Crippen LogP contribution in [0.1, 0.15) is 0 Å². The molecule has 0 bridgehead atoms. The number of anilines is 1. The van der Waals surface area contributed by atoms with Gasteiger partial charge in [-0.3, -0.25) is 5.32 Å². The van der Waals surface area contributed by atoms with E-state index in [-0.39, 0.29) is 11.8 Å². The fourth-order valence-corrected chi connectivity index (χ4v) is 1.85. The molecule has 0 radical (unpaired) electrons. The summed E-state index contributed by atoms with van der Waals surface area (Å²) in [6, 6.07) is 1.04. The summed E-state index contributed by atoms with van der Waals surface area (Å²) in [7, 11) is 0. The number of hydrogen-bond acceptors (Lipinski definition) is 7. The number of amides is 2. The first-order valence-electron chi connectivity index (χ1n) is 5.70. The Kier molecular flexibility index (Phi) is 4.65. The minimum atomic E-state index is -2.95. The monoisotopic (exact) mass is 302 g/mol. The van der Waals surface area contributed by atoms with Gasteiger partial charge in [0.05, 0.1) is 0 Å². The number of carbonyl (C=O) groups excluding carboxylic acids is 2. The Hall–Kier alpha value is -1.98. The van der Waals surface area contributed by atoms with Gasteiger partial charge in [-0.15, -0.1) is 5.10 Å². The zero-order valence-corrected chi connectivity index (χ0v) is 11.1. The molecule has 1 atom stereocenters. The molecule has 1 aromatic heterocycles. The fraction of sp³-hybridized carbons (Fsp3) is 0.444. The minimum Gasteiger partial charge on any atom is -0.740 e. The van der Waals surface area contributed by atoms with E-state index >= 15 is 0 Å². The van der Waals surface area contributed by atoms with E-state index in [0.29, 0.717) is 26.2 Å². The van der Waals surface area contributed by atoms with Crippen molar-refractivity contribution >= 4 is 29.3 Å². The Labute approximate surface area is 116 Å². The summed E-state index contributed by atoms with van der Waals surface area (Å²) in [4.78, 5) is 24.7. The number of carbonyl (C=O) groups is 2. The lowest BCUT2D eigenvalue weighted by Gasteiger charge is -2.26. The average Bonchev–Trinajstić information content (AvgIpc) is 2.86. The molecule has 1 unspecified atom stereocenters. The molecule has 0 spiro atoms. The van der Waals surface area contributed by atoms with Crippen LogP contribution in [0.25, 0.3) is 0 Å². The predicted molar refractivity (Wildman–Crippen MR) is 66.5 cm³/mol. The molecule has 11 heteroatoms. The van der Waals surface area contributed by atoms with Crippen LogP contribution in [0.3, 0.4) is 0 Å². The van der Waals surface area contributed by atoms with Gasteiger partial charge in [0.2, 0.25) is 0 Å². The molecule has 1 aliphatic heterocycles. The van der Waals surface area contributed by atoms with E-state index in [1.807, 2.05) is 0 Å². The summed E-state index contributed by atoms with van der Waals surface area (Å²) in [5.41, 5.74) is 0. The van der Waals surface area contributed by atoms with Crippen LogP contribution in [0.5, 0.6) is 0 Å². The summed E-state index contributed by atoms with van der Waals surface area (Å²) in [5, 5.41) is 9.02. The second-order valence-corrected chi connectivity index (χ2v) is 4.44. The van der Waals surface area contributed by atoms with Crippen LogP contribution >= 0.6 is 0 Å². The molecule has 0 aromatic carbocycles. The molecule has 0 aliphatic carbocycles. The molecule has 1 aromatic rings. The number of nitrogens with one attached hydrogen (secondary N) is 2. The summed E-state index contributed by atoms with van der Waals surface area (Å²) < 4.78 is 25.2. The molecule has 2 rings (SSSR count). The van der Waals surface area contributed by atoms with Crippen molar-refractivity contribution < 1.29 is 22.5 Å². The predicted octanol–water partition coefficient (Wildman–Crippen LogP) is -0.901. The second-order valence-electron chi connectivity index (χ2n) is 3.87. The normalized spacial score (nSPS) is 16.6. The summed E-state index contributed by atoms with van der Waals surface area (Å²) in [6.07, 6.45) is 0.173. The largest absolute Gasteiger partial charge is 0.740 e. The van der Waals surface area contributed by atoms with Gasteiger partial charge < -0.3 is 19.0 Å². The van der Waals surface area contributed by atoms with Crippen molar-refractivity contribution in [3.8, 4) is 0 Å². The van der Waals surface area contributed by atoms with Gasteiger partial charge in [0.1, 0.15) is 11.4 Å². The van der Waals surface area contributed by atoms with Crippen LogP contribution in [0.15, 0.2) is 12.3 Å². The van der Waals surface area contributed by atoms with Crippen molar-refractivity contribution in [1.82, 2.24) is 20.0 Å². The maximum atomic E-state index is 12.0. The smallest absolute Gasteiger partial charge is 0.426 e. The summed E-state index contributed by atoms with van der Waals surface area (Å²) in [6.45, 7) is 2.55. The van der Waals surface area contributed by atoms with Gasteiger partial charge in [0.15, 0.2) is 5.82 Å². The Morgan fingerprint density at radius 3 is 2.80 bits per heavy atom. The van der Waals surface area contributed by atoms with Crippen molar-refractivity contribution in [2.75, 3.05) is 31.5 Å². The van der Waals surface area contributed by atoms with Gasteiger partial charge in [0, 0.05) is 38.4 Å². The molecule has 2 heterocycles. The first-order valence-corrected chi connectivity index (χ1v) is 6.70. The highest BCUT2D eigenvalue weighted by atomic mass is 32.2. The number of rotatable bonds is 2. The molecular formula is C9H12N5O5S-. The minimum absolute atomic E-state index is 0.0175. The standard InChI is InChI=1S/C9H13N5O5S/c15-8(19-20(17)18)11-7-1-4-14(12-7)9(16)13-5-2-10-3-6-13/h1,4,10H,2-3,5-6H2,(H,17,18)(H,11,12,15)/p-1. The number of aromatic nitrogens is 2. The molecule has 1 fully saturated rings. The van der Waals surface area contributed by atoms with E-state index in [1.54, 1.807) is 4.90 Å². The maximum absolute atomic E-state index is 12.0. The highest BCUT2D eigenvalue weighted by molar-refractivity contribution is 7.74. The molecule has 0 saturated carbocycles. The van der Waals surface area contributed by atoms with E-state index in [4.69, 9.17) is 0 Å². The van der Waals surface area contributed by atoms with Gasteiger partial charge in [-0.25, -0.2) is 13.8 Å². The van der Waals surface area contributed by atoms with Crippen molar-refractivity contribution in [1.29, 1.82) is 0 Å². The van der Waals surface area contributed by atoms with Crippen LogP contribution in [-0.4, -0.2) is 61.7 Å².